The van der Waals surface area contributed by atoms with E-state index in [0.29, 0.717) is 6.42 Å². The number of hydrazone groups is 1. The van der Waals surface area contributed by atoms with Gasteiger partial charge in [-0.15, -0.1) is 0 Å². The second kappa shape index (κ2) is 9.36. The highest BCUT2D eigenvalue weighted by molar-refractivity contribution is 5.81. The highest BCUT2D eigenvalue weighted by Crippen LogP contribution is 2.22. The molecule has 1 N–H and O–H groups in total. The zero-order valence-corrected chi connectivity index (χ0v) is 13.4. The molecule has 2 rings (SSSR count). The van der Waals surface area contributed by atoms with Gasteiger partial charge in [0.05, 0.1) is 0 Å². The molecular formula is C20H22N2O. The van der Waals surface area contributed by atoms with Gasteiger partial charge < -0.3 is 0 Å². The van der Waals surface area contributed by atoms with E-state index in [0.717, 1.165) is 12.0 Å². The highest BCUT2D eigenvalue weighted by Gasteiger charge is 2.13. The molecule has 0 aliphatic heterocycles. The molecule has 0 unspecified atom stereocenters. The number of nitrogens with zero attached hydrogens (tertiary/aromatic N) is 1. The third kappa shape index (κ3) is 5.91. The third-order valence-corrected chi connectivity index (χ3v) is 3.63. The average molecular weight is 306 g/mol. The van der Waals surface area contributed by atoms with E-state index in [4.69, 9.17) is 0 Å². The summed E-state index contributed by atoms with van der Waals surface area (Å²) in [5.41, 5.74) is 4.87. The van der Waals surface area contributed by atoms with Crippen molar-refractivity contribution in [1.82, 2.24) is 5.43 Å². The first-order chi connectivity index (χ1) is 11.3. The first-order valence-electron chi connectivity index (χ1n) is 7.88. The van der Waals surface area contributed by atoms with Crippen molar-refractivity contribution >= 4 is 18.2 Å². The Labute approximate surface area is 137 Å². The van der Waals surface area contributed by atoms with Crippen LogP contribution >= 0.6 is 0 Å². The molecular weight excluding hydrogens is 284 g/mol. The van der Waals surface area contributed by atoms with E-state index < -0.39 is 0 Å². The lowest BCUT2D eigenvalue weighted by atomic mass is 9.93. The van der Waals surface area contributed by atoms with Gasteiger partial charge in [-0.2, -0.15) is 5.10 Å². The molecule has 0 bridgehead atoms. The number of hydrogen-bond donors (Lipinski definition) is 1. The van der Waals surface area contributed by atoms with Crippen LogP contribution in [0.15, 0.2) is 71.8 Å². The maximum Gasteiger partial charge on any atom is 0.240 e. The fourth-order valence-corrected chi connectivity index (χ4v) is 2.36. The van der Waals surface area contributed by atoms with Crippen LogP contribution in [0.5, 0.6) is 0 Å². The van der Waals surface area contributed by atoms with Crippen molar-refractivity contribution in [3.05, 3.63) is 77.9 Å². The zero-order chi connectivity index (χ0) is 16.3. The van der Waals surface area contributed by atoms with Crippen molar-refractivity contribution in [2.24, 2.45) is 5.10 Å². The standard InChI is InChI=1S/C20H22N2O/c1-2-18(19-13-7-4-8-14-19)16-20(23)22-21-15-9-12-17-10-5-3-6-11-17/h3-15,18H,2,16H2,1H3,(H,22,23)/b12-9+,21-15-/t18-/m0/s1. The number of amides is 1. The summed E-state index contributed by atoms with van der Waals surface area (Å²) in [6, 6.07) is 20.1. The zero-order valence-electron chi connectivity index (χ0n) is 13.4. The van der Waals surface area contributed by atoms with Gasteiger partial charge in [-0.1, -0.05) is 73.7 Å². The minimum Gasteiger partial charge on any atom is -0.273 e. The highest BCUT2D eigenvalue weighted by atomic mass is 16.2. The van der Waals surface area contributed by atoms with Crippen molar-refractivity contribution in [3.8, 4) is 0 Å². The van der Waals surface area contributed by atoms with Crippen LogP contribution in [0.25, 0.3) is 6.08 Å². The van der Waals surface area contributed by atoms with E-state index in [9.17, 15) is 4.79 Å². The number of benzene rings is 2. The maximum atomic E-state index is 12.0. The number of allylic oxidation sites excluding steroid dienone is 1. The summed E-state index contributed by atoms with van der Waals surface area (Å²) in [4.78, 5) is 12.0. The molecule has 0 fully saturated rings. The van der Waals surface area contributed by atoms with Crippen LogP contribution in [0, 0.1) is 0 Å². The topological polar surface area (TPSA) is 41.5 Å². The Morgan fingerprint density at radius 3 is 2.39 bits per heavy atom. The first kappa shape index (κ1) is 16.7. The number of carbonyl (C=O) groups is 1. The monoisotopic (exact) mass is 306 g/mol. The predicted octanol–water partition coefficient (Wildman–Crippen LogP) is 4.39. The first-order valence-corrected chi connectivity index (χ1v) is 7.88. The van der Waals surface area contributed by atoms with Gasteiger partial charge >= 0.3 is 0 Å². The summed E-state index contributed by atoms with van der Waals surface area (Å²) in [5.74, 6) is 0.163. The Kier molecular flexibility index (Phi) is 6.79. The van der Waals surface area contributed by atoms with Gasteiger partial charge in [0.2, 0.25) is 5.91 Å². The van der Waals surface area contributed by atoms with Crippen LogP contribution in [0.4, 0.5) is 0 Å². The van der Waals surface area contributed by atoms with Crippen molar-refractivity contribution < 1.29 is 4.79 Å². The number of rotatable bonds is 7. The summed E-state index contributed by atoms with van der Waals surface area (Å²) in [6.07, 6.45) is 6.71. The minimum absolute atomic E-state index is 0.0648. The van der Waals surface area contributed by atoms with Crippen LogP contribution in [0.2, 0.25) is 0 Å². The van der Waals surface area contributed by atoms with Gasteiger partial charge in [-0.05, 0) is 29.5 Å². The largest absolute Gasteiger partial charge is 0.273 e. The Balaban J connectivity index is 1.80. The van der Waals surface area contributed by atoms with E-state index in [2.05, 4.69) is 29.6 Å². The molecule has 2 aromatic rings. The van der Waals surface area contributed by atoms with Crippen LogP contribution in [-0.2, 0) is 4.79 Å². The molecule has 3 nitrogen and oxygen atoms in total. The molecule has 2 aromatic carbocycles. The molecule has 0 spiro atoms. The Morgan fingerprint density at radius 1 is 1.09 bits per heavy atom. The van der Waals surface area contributed by atoms with Crippen LogP contribution in [0.3, 0.4) is 0 Å². The van der Waals surface area contributed by atoms with E-state index in [-0.39, 0.29) is 11.8 Å². The molecule has 0 saturated carbocycles. The molecule has 0 saturated heterocycles. The van der Waals surface area contributed by atoms with E-state index in [1.54, 1.807) is 6.21 Å². The smallest absolute Gasteiger partial charge is 0.240 e. The third-order valence-electron chi connectivity index (χ3n) is 3.63. The molecule has 118 valence electrons. The molecule has 0 aliphatic carbocycles. The predicted molar refractivity (Wildman–Crippen MR) is 96.2 cm³/mol. The van der Waals surface area contributed by atoms with Crippen molar-refractivity contribution in [3.63, 3.8) is 0 Å². The molecule has 3 heteroatoms. The summed E-state index contributed by atoms with van der Waals surface area (Å²) in [6.45, 7) is 2.09. The van der Waals surface area contributed by atoms with E-state index in [1.165, 1.54) is 5.56 Å². The van der Waals surface area contributed by atoms with Crippen LogP contribution < -0.4 is 5.43 Å². The second-order valence-electron chi connectivity index (χ2n) is 5.30. The molecule has 23 heavy (non-hydrogen) atoms. The Morgan fingerprint density at radius 2 is 1.74 bits per heavy atom. The SMILES string of the molecule is CC[C@@H](CC(=O)N/N=C\C=C\c1ccccc1)c1ccccc1. The number of nitrogens with one attached hydrogen (secondary N) is 1. The summed E-state index contributed by atoms with van der Waals surface area (Å²) >= 11 is 0. The van der Waals surface area contributed by atoms with Crippen LogP contribution in [-0.4, -0.2) is 12.1 Å². The lowest BCUT2D eigenvalue weighted by molar-refractivity contribution is -0.121. The fraction of sp³-hybridized carbons (Fsp3) is 0.200. The lowest BCUT2D eigenvalue weighted by Gasteiger charge is -2.13. The lowest BCUT2D eigenvalue weighted by Crippen LogP contribution is -2.19. The number of carbonyl (C=O) groups excluding carboxylic acids is 1. The molecule has 0 aromatic heterocycles. The van der Waals surface area contributed by atoms with E-state index >= 15 is 0 Å². The Bertz CT molecular complexity index is 648. The molecule has 0 radical (unpaired) electrons. The van der Waals surface area contributed by atoms with Gasteiger partial charge in [-0.3, -0.25) is 4.79 Å². The molecule has 1 amide bonds. The van der Waals surface area contributed by atoms with Crippen LogP contribution in [0.1, 0.15) is 36.8 Å². The summed E-state index contributed by atoms with van der Waals surface area (Å²) in [5, 5.41) is 3.96. The van der Waals surface area contributed by atoms with Gasteiger partial charge in [0.25, 0.3) is 0 Å². The van der Waals surface area contributed by atoms with Gasteiger partial charge in [-0.25, -0.2) is 5.43 Å². The van der Waals surface area contributed by atoms with Gasteiger partial charge in [0.1, 0.15) is 0 Å². The van der Waals surface area contributed by atoms with Gasteiger partial charge in [0.15, 0.2) is 0 Å². The molecule has 1 atom stereocenters. The second-order valence-corrected chi connectivity index (χ2v) is 5.30. The molecule has 0 aliphatic rings. The van der Waals surface area contributed by atoms with Crippen molar-refractivity contribution in [1.29, 1.82) is 0 Å². The maximum absolute atomic E-state index is 12.0. The van der Waals surface area contributed by atoms with Crippen molar-refractivity contribution in [2.45, 2.75) is 25.7 Å². The Hall–Kier alpha value is -2.68. The minimum atomic E-state index is -0.0648. The molecule has 0 heterocycles. The average Bonchev–Trinajstić information content (AvgIpc) is 2.61. The summed E-state index contributed by atoms with van der Waals surface area (Å²) in [7, 11) is 0. The van der Waals surface area contributed by atoms with Gasteiger partial charge in [0, 0.05) is 12.6 Å². The fourth-order valence-electron chi connectivity index (χ4n) is 2.36. The van der Waals surface area contributed by atoms with Crippen molar-refractivity contribution in [2.75, 3.05) is 0 Å². The van der Waals surface area contributed by atoms with E-state index in [1.807, 2.05) is 60.7 Å². The summed E-state index contributed by atoms with van der Waals surface area (Å²) < 4.78 is 0. The quantitative estimate of drug-likeness (QED) is 0.598. The normalized spacial score (nSPS) is 12.6. The number of hydrogen-bond acceptors (Lipinski definition) is 2.